The van der Waals surface area contributed by atoms with Crippen molar-refractivity contribution < 1.29 is 0 Å². The summed E-state index contributed by atoms with van der Waals surface area (Å²) in [6.07, 6.45) is 9.55. The van der Waals surface area contributed by atoms with Crippen LogP contribution in [0.1, 0.15) is 58.3 Å². The third-order valence-corrected chi connectivity index (χ3v) is 4.48. The fourth-order valence-corrected chi connectivity index (χ4v) is 3.10. The van der Waals surface area contributed by atoms with Crippen molar-refractivity contribution in [2.45, 2.75) is 75.9 Å². The third kappa shape index (κ3) is 3.46. The molecule has 0 aromatic heterocycles. The minimum atomic E-state index is -0.232. The van der Waals surface area contributed by atoms with E-state index in [0.29, 0.717) is 12.1 Å². The number of nitrogens with zero attached hydrogens (tertiary/aromatic N) is 2. The Morgan fingerprint density at radius 3 is 2.78 bits per heavy atom. The molecule has 3 heteroatoms. The number of rotatable bonds is 6. The summed E-state index contributed by atoms with van der Waals surface area (Å²) in [7, 11) is 2.23. The van der Waals surface area contributed by atoms with Gasteiger partial charge in [-0.2, -0.15) is 5.26 Å². The summed E-state index contributed by atoms with van der Waals surface area (Å²) < 4.78 is 0. The van der Waals surface area contributed by atoms with Crippen LogP contribution in [0.5, 0.6) is 0 Å². The van der Waals surface area contributed by atoms with Crippen molar-refractivity contribution in [2.75, 3.05) is 13.6 Å². The first-order chi connectivity index (χ1) is 8.69. The van der Waals surface area contributed by atoms with Gasteiger partial charge in [-0.3, -0.25) is 5.32 Å². The molecule has 2 saturated carbocycles. The van der Waals surface area contributed by atoms with E-state index in [1.807, 2.05) is 0 Å². The molecule has 0 spiro atoms. The second kappa shape index (κ2) is 6.04. The van der Waals surface area contributed by atoms with Gasteiger partial charge < -0.3 is 4.90 Å². The van der Waals surface area contributed by atoms with Gasteiger partial charge in [0.1, 0.15) is 5.54 Å². The molecular weight excluding hydrogens is 222 g/mol. The fraction of sp³-hybridized carbons (Fsp3) is 0.933. The van der Waals surface area contributed by atoms with Crippen molar-refractivity contribution in [1.29, 1.82) is 5.26 Å². The number of hydrogen-bond donors (Lipinski definition) is 1. The van der Waals surface area contributed by atoms with Gasteiger partial charge in [0.25, 0.3) is 0 Å². The minimum Gasteiger partial charge on any atom is -0.303 e. The van der Waals surface area contributed by atoms with Crippen molar-refractivity contribution in [3.63, 3.8) is 0 Å². The molecule has 0 amide bonds. The van der Waals surface area contributed by atoms with E-state index in [-0.39, 0.29) is 5.54 Å². The lowest BCUT2D eigenvalue weighted by Gasteiger charge is -2.40. The highest BCUT2D eigenvalue weighted by atomic mass is 15.1. The van der Waals surface area contributed by atoms with E-state index in [1.54, 1.807) is 0 Å². The first kappa shape index (κ1) is 13.8. The average molecular weight is 249 g/mol. The van der Waals surface area contributed by atoms with Gasteiger partial charge >= 0.3 is 0 Å². The summed E-state index contributed by atoms with van der Waals surface area (Å²) in [5.74, 6) is 0. The van der Waals surface area contributed by atoms with Crippen LogP contribution >= 0.6 is 0 Å². The van der Waals surface area contributed by atoms with E-state index in [1.165, 1.54) is 45.1 Å². The molecular formula is C15H27N3. The maximum absolute atomic E-state index is 9.56. The lowest BCUT2D eigenvalue weighted by molar-refractivity contribution is 0.142. The van der Waals surface area contributed by atoms with Crippen LogP contribution in [-0.4, -0.2) is 36.1 Å². The number of hydrogen-bond acceptors (Lipinski definition) is 3. The van der Waals surface area contributed by atoms with Gasteiger partial charge in [-0.1, -0.05) is 13.3 Å². The van der Waals surface area contributed by atoms with Crippen LogP contribution in [0.15, 0.2) is 0 Å². The van der Waals surface area contributed by atoms with Crippen molar-refractivity contribution in [1.82, 2.24) is 10.2 Å². The second-order valence-electron chi connectivity index (χ2n) is 6.20. The van der Waals surface area contributed by atoms with Crippen LogP contribution in [-0.2, 0) is 0 Å². The van der Waals surface area contributed by atoms with E-state index in [2.05, 4.69) is 30.3 Å². The van der Waals surface area contributed by atoms with E-state index >= 15 is 0 Å². The average Bonchev–Trinajstić information content (AvgIpc) is 3.20. The largest absolute Gasteiger partial charge is 0.303 e. The topological polar surface area (TPSA) is 39.1 Å². The van der Waals surface area contributed by atoms with Gasteiger partial charge in [-0.15, -0.1) is 0 Å². The third-order valence-electron chi connectivity index (χ3n) is 4.48. The summed E-state index contributed by atoms with van der Waals surface area (Å²) in [6, 6.07) is 3.81. The van der Waals surface area contributed by atoms with Crippen LogP contribution < -0.4 is 5.32 Å². The van der Waals surface area contributed by atoms with Gasteiger partial charge in [-0.05, 0) is 58.5 Å². The summed E-state index contributed by atoms with van der Waals surface area (Å²) >= 11 is 0. The molecule has 2 aliphatic carbocycles. The molecule has 0 bridgehead atoms. The lowest BCUT2D eigenvalue weighted by atomic mass is 9.79. The first-order valence-corrected chi connectivity index (χ1v) is 7.58. The highest BCUT2D eigenvalue weighted by Gasteiger charge is 2.41. The zero-order valence-electron chi connectivity index (χ0n) is 11.9. The molecule has 2 unspecified atom stereocenters. The Morgan fingerprint density at radius 2 is 2.17 bits per heavy atom. The van der Waals surface area contributed by atoms with Gasteiger partial charge in [0.05, 0.1) is 6.07 Å². The maximum atomic E-state index is 9.56. The van der Waals surface area contributed by atoms with Crippen molar-refractivity contribution in [2.24, 2.45) is 0 Å². The minimum absolute atomic E-state index is 0.232. The van der Waals surface area contributed by atoms with E-state index in [9.17, 15) is 5.26 Å². The van der Waals surface area contributed by atoms with Crippen molar-refractivity contribution in [3.8, 4) is 6.07 Å². The van der Waals surface area contributed by atoms with Crippen molar-refractivity contribution >= 4 is 0 Å². The van der Waals surface area contributed by atoms with Gasteiger partial charge in [0.2, 0.25) is 0 Å². The molecule has 18 heavy (non-hydrogen) atoms. The zero-order valence-corrected chi connectivity index (χ0v) is 11.9. The van der Waals surface area contributed by atoms with Crippen LogP contribution in [0.4, 0.5) is 0 Å². The summed E-state index contributed by atoms with van der Waals surface area (Å²) in [5.41, 5.74) is -0.232. The quantitative estimate of drug-likeness (QED) is 0.786. The molecule has 3 nitrogen and oxygen atoms in total. The number of unbranched alkanes of at least 4 members (excludes halogenated alkanes) is 1. The van der Waals surface area contributed by atoms with Crippen LogP contribution in [0.3, 0.4) is 0 Å². The van der Waals surface area contributed by atoms with Gasteiger partial charge in [0, 0.05) is 12.1 Å². The summed E-state index contributed by atoms with van der Waals surface area (Å²) in [6.45, 7) is 3.41. The van der Waals surface area contributed by atoms with Gasteiger partial charge in [0.15, 0.2) is 0 Å². The predicted molar refractivity (Wildman–Crippen MR) is 74.3 cm³/mol. The second-order valence-corrected chi connectivity index (χ2v) is 6.20. The SMILES string of the molecule is CCCCN(C)C1CCCC(C#N)(NC2CC2)C1. The standard InChI is InChI=1S/C15H27N3/c1-3-4-10-18(2)14-6-5-9-15(11-14,12-16)17-13-7-8-13/h13-14,17H,3-11H2,1-2H3. The molecule has 1 N–H and O–H groups in total. The first-order valence-electron chi connectivity index (χ1n) is 7.58. The smallest absolute Gasteiger partial charge is 0.108 e. The molecule has 102 valence electrons. The number of nitriles is 1. The van der Waals surface area contributed by atoms with Crippen molar-refractivity contribution in [3.05, 3.63) is 0 Å². The highest BCUT2D eigenvalue weighted by Crippen LogP contribution is 2.34. The highest BCUT2D eigenvalue weighted by molar-refractivity contribution is 5.13. The van der Waals surface area contributed by atoms with E-state index in [0.717, 1.165) is 12.8 Å². The Hall–Kier alpha value is -0.590. The molecule has 2 atom stereocenters. The summed E-state index contributed by atoms with van der Waals surface area (Å²) in [4.78, 5) is 2.48. The zero-order chi connectivity index (χ0) is 13.0. The Labute approximate surface area is 112 Å². The van der Waals surface area contributed by atoms with Gasteiger partial charge in [-0.25, -0.2) is 0 Å². The molecule has 2 rings (SSSR count). The number of nitrogens with one attached hydrogen (secondary N) is 1. The normalized spacial score (nSPS) is 32.4. The summed E-state index contributed by atoms with van der Waals surface area (Å²) in [5, 5.41) is 13.2. The Kier molecular flexibility index (Phi) is 4.64. The van der Waals surface area contributed by atoms with E-state index in [4.69, 9.17) is 0 Å². The molecule has 0 aliphatic heterocycles. The molecule has 0 aromatic rings. The Morgan fingerprint density at radius 1 is 1.39 bits per heavy atom. The molecule has 0 saturated heterocycles. The van der Waals surface area contributed by atoms with Crippen LogP contribution in [0.2, 0.25) is 0 Å². The van der Waals surface area contributed by atoms with Crippen LogP contribution in [0, 0.1) is 11.3 Å². The molecule has 0 aromatic carbocycles. The predicted octanol–water partition coefficient (Wildman–Crippen LogP) is 2.68. The molecule has 0 radical (unpaired) electrons. The molecule has 0 heterocycles. The van der Waals surface area contributed by atoms with E-state index < -0.39 is 0 Å². The fourth-order valence-electron chi connectivity index (χ4n) is 3.10. The lowest BCUT2D eigenvalue weighted by Crippen LogP contribution is -2.53. The molecule has 2 aliphatic rings. The Bertz CT molecular complexity index is 305. The Balaban J connectivity index is 1.91. The maximum Gasteiger partial charge on any atom is 0.108 e. The monoisotopic (exact) mass is 249 g/mol. The van der Waals surface area contributed by atoms with Crippen LogP contribution in [0.25, 0.3) is 0 Å². The molecule has 2 fully saturated rings.